The molecule has 0 amide bonds. The molecule has 4 nitrogen and oxygen atoms in total. The van der Waals surface area contributed by atoms with Gasteiger partial charge >= 0.3 is 0 Å². The van der Waals surface area contributed by atoms with Crippen molar-refractivity contribution in [2.45, 2.75) is 183 Å². The summed E-state index contributed by atoms with van der Waals surface area (Å²) in [5.74, 6) is -0.0594. The summed E-state index contributed by atoms with van der Waals surface area (Å²) in [6.45, 7) is 22.8. The van der Waals surface area contributed by atoms with Crippen LogP contribution in [-0.2, 0) is 38.1 Å². The molecule has 0 spiro atoms. The van der Waals surface area contributed by atoms with E-state index in [1.54, 1.807) is 12.1 Å². The third-order valence-electron chi connectivity index (χ3n) is 12.4. The highest BCUT2D eigenvalue weighted by Gasteiger charge is 2.28. The lowest BCUT2D eigenvalue weighted by molar-refractivity contribution is 0.405. The van der Waals surface area contributed by atoms with E-state index in [1.165, 1.54) is 108 Å². The molecule has 0 fully saturated rings. The van der Waals surface area contributed by atoms with Crippen molar-refractivity contribution < 1.29 is 10.2 Å². The second-order valence-corrected chi connectivity index (χ2v) is 21.6. The molecule has 0 bridgehead atoms. The molecule has 0 radical (unpaired) electrons. The third kappa shape index (κ3) is 14.0. The Morgan fingerprint density at radius 2 is 0.895 bits per heavy atom. The van der Waals surface area contributed by atoms with Crippen LogP contribution < -0.4 is 0 Å². The van der Waals surface area contributed by atoms with Crippen molar-refractivity contribution in [1.82, 2.24) is 0 Å². The number of nitrogens with zero attached hydrogens (tertiary/aromatic N) is 2. The van der Waals surface area contributed by atoms with Gasteiger partial charge in [-0.2, -0.15) is 0 Å². The van der Waals surface area contributed by atoms with E-state index in [-0.39, 0.29) is 11.5 Å². The van der Waals surface area contributed by atoms with Crippen molar-refractivity contribution in [3.05, 3.63) is 94.0 Å². The van der Waals surface area contributed by atoms with Crippen LogP contribution in [-0.4, -0.2) is 29.7 Å². The number of benzene rings is 4. The highest BCUT2D eigenvalue weighted by molar-refractivity contribution is 6.79. The lowest BCUT2D eigenvalue weighted by Crippen LogP contribution is -2.35. The zero-order chi connectivity index (χ0) is 41.8. The predicted octanol–water partition coefficient (Wildman–Crippen LogP) is 15.7. The monoisotopic (exact) mass is 791 g/mol. The quantitative estimate of drug-likeness (QED) is 0.0360. The van der Waals surface area contributed by atoms with Crippen LogP contribution in [0.15, 0.2) is 70.6 Å². The summed E-state index contributed by atoms with van der Waals surface area (Å²) in [6, 6.07) is 26.6. The molecule has 0 atom stereocenters. The van der Waals surface area contributed by atoms with E-state index in [2.05, 4.69) is 118 Å². The van der Waals surface area contributed by atoms with Crippen LogP contribution in [0.2, 0.25) is 18.1 Å². The van der Waals surface area contributed by atoms with Gasteiger partial charge in [-0.25, -0.2) is 0 Å². The van der Waals surface area contributed by atoms with Crippen LogP contribution in [0, 0.1) is 0 Å². The summed E-state index contributed by atoms with van der Waals surface area (Å²) in [4.78, 5) is 10.4. The van der Waals surface area contributed by atoms with Gasteiger partial charge in [-0.15, -0.1) is 0 Å². The molecule has 0 aliphatic heterocycles. The van der Waals surface area contributed by atoms with Crippen LogP contribution in [0.5, 0.6) is 11.5 Å². The van der Waals surface area contributed by atoms with Crippen molar-refractivity contribution in [1.29, 1.82) is 0 Å². The maximum absolute atomic E-state index is 9.85. The van der Waals surface area contributed by atoms with E-state index in [4.69, 9.17) is 9.98 Å². The third-order valence-corrected chi connectivity index (χ3v) is 18.0. The van der Waals surface area contributed by atoms with Crippen molar-refractivity contribution in [3.8, 4) is 11.5 Å². The highest BCUT2D eigenvalue weighted by Crippen LogP contribution is 2.35. The zero-order valence-electron chi connectivity index (χ0n) is 37.8. The van der Waals surface area contributed by atoms with E-state index in [1.807, 2.05) is 0 Å². The second kappa shape index (κ2) is 24.9. The minimum atomic E-state index is -1.25. The first kappa shape index (κ1) is 47.7. The van der Waals surface area contributed by atoms with Gasteiger partial charge in [-0.1, -0.05) is 137 Å². The molecular weight excluding hydrogens is 713 g/mol. The molecule has 0 aliphatic carbocycles. The smallest absolute Gasteiger partial charge is 0.158 e. The van der Waals surface area contributed by atoms with Crippen LogP contribution >= 0.6 is 0 Å². The Labute approximate surface area is 349 Å². The molecule has 4 aromatic carbocycles. The van der Waals surface area contributed by atoms with Gasteiger partial charge in [0.15, 0.2) is 11.5 Å². The van der Waals surface area contributed by atoms with Crippen LogP contribution in [0.3, 0.4) is 0 Å². The van der Waals surface area contributed by atoms with E-state index in [9.17, 15) is 10.2 Å². The van der Waals surface area contributed by atoms with Gasteiger partial charge in [0.25, 0.3) is 0 Å². The van der Waals surface area contributed by atoms with Gasteiger partial charge in [-0.3, -0.25) is 9.98 Å². The van der Waals surface area contributed by atoms with Crippen molar-refractivity contribution >= 4 is 41.6 Å². The van der Waals surface area contributed by atoms with Crippen molar-refractivity contribution in [2.24, 2.45) is 9.98 Å². The van der Waals surface area contributed by atoms with E-state index in [0.29, 0.717) is 0 Å². The average Bonchev–Trinajstić information content (AvgIpc) is 3.23. The molecular formula is C52H78N2O2Si. The molecule has 0 unspecified atom stereocenters. The summed E-state index contributed by atoms with van der Waals surface area (Å²) in [5.41, 5.74) is 13.1. The number of rotatable bonds is 22. The molecule has 0 aromatic heterocycles. The van der Waals surface area contributed by atoms with E-state index >= 15 is 0 Å². The fourth-order valence-electron chi connectivity index (χ4n) is 8.15. The molecule has 0 aliphatic rings. The fourth-order valence-corrected chi connectivity index (χ4v) is 11.5. The maximum atomic E-state index is 9.85. The molecule has 57 heavy (non-hydrogen) atoms. The highest BCUT2D eigenvalue weighted by atomic mass is 28.3. The number of fused-ring (bicyclic) bond motifs is 1. The standard InChI is InChI=1S/C31H46N2.C21H32O2Si/c1-7-13-15-17-31(33-29-21-19-25(10-4)27(12-6)23-29)30(16-14-8-2)32-28-20-18-24(9-3)26(11-5)22-28;1-5-9-10-16-11-17-13-20(22)21(23)14-18(17)12-19(16)15-24(6-2,7-3)8-4/h18-23H,7-17H2,1-6H3;11-14,22-23H,5-10,15H2,1-4H3. The molecule has 4 aromatic rings. The van der Waals surface area contributed by atoms with Gasteiger partial charge in [0.1, 0.15) is 0 Å². The minimum absolute atomic E-state index is 0.0280. The molecule has 2 N–H and O–H groups in total. The number of hydrogen-bond acceptors (Lipinski definition) is 4. The van der Waals surface area contributed by atoms with Gasteiger partial charge in [0, 0.05) is 0 Å². The van der Waals surface area contributed by atoms with Gasteiger partial charge < -0.3 is 10.2 Å². The minimum Gasteiger partial charge on any atom is -0.504 e. The number of hydrogen-bond donors (Lipinski definition) is 2. The average molecular weight is 791 g/mol. The van der Waals surface area contributed by atoms with Gasteiger partial charge in [0.05, 0.1) is 30.9 Å². The first-order chi connectivity index (χ1) is 27.6. The Morgan fingerprint density at radius 1 is 0.456 bits per heavy atom. The first-order valence-corrected chi connectivity index (χ1v) is 25.8. The number of aliphatic imine (C=N–C) groups is 2. The fraction of sp³-hybridized carbons (Fsp3) is 0.538. The molecule has 0 saturated heterocycles. The molecule has 0 heterocycles. The van der Waals surface area contributed by atoms with E-state index < -0.39 is 8.07 Å². The molecule has 312 valence electrons. The van der Waals surface area contributed by atoms with Crippen molar-refractivity contribution in [2.75, 3.05) is 0 Å². The first-order valence-electron chi connectivity index (χ1n) is 22.9. The Morgan fingerprint density at radius 3 is 1.32 bits per heavy atom. The molecule has 4 rings (SSSR count). The topological polar surface area (TPSA) is 65.2 Å². The lowest BCUT2D eigenvalue weighted by atomic mass is 9.97. The number of unbranched alkanes of at least 4 members (excludes halogenated alkanes) is 4. The maximum Gasteiger partial charge on any atom is 0.158 e. The Hall–Kier alpha value is -3.70. The Bertz CT molecular complexity index is 1880. The number of aromatic hydroxyl groups is 2. The summed E-state index contributed by atoms with van der Waals surface area (Å²) in [5, 5.41) is 21.7. The lowest BCUT2D eigenvalue weighted by Gasteiger charge is -2.29. The zero-order valence-corrected chi connectivity index (χ0v) is 38.8. The van der Waals surface area contributed by atoms with Crippen molar-refractivity contribution in [3.63, 3.8) is 0 Å². The largest absolute Gasteiger partial charge is 0.504 e. The number of aryl methyl sites for hydroxylation is 5. The summed E-state index contributed by atoms with van der Waals surface area (Å²) in [6.07, 6.45) is 15.7. The number of phenols is 2. The Kier molecular flexibility index (Phi) is 20.8. The molecule has 0 saturated carbocycles. The SMILES string of the molecule is CCCCCC(=Nc1ccc(CC)c(CC)c1)C(CCCC)=Nc1ccc(CC)c(CC)c1.CCCCc1cc2cc(O)c(O)cc2cc1C[Si](CC)(CC)CC. The predicted molar refractivity (Wildman–Crippen MR) is 255 cm³/mol. The van der Waals surface area contributed by atoms with Crippen LogP contribution in [0.4, 0.5) is 11.4 Å². The second-order valence-electron chi connectivity index (χ2n) is 16.1. The number of phenolic OH excluding ortho intramolecular Hbond substituents is 2. The van der Waals surface area contributed by atoms with E-state index in [0.717, 1.165) is 73.5 Å². The van der Waals surface area contributed by atoms with Gasteiger partial charge in [-0.05, 0) is 151 Å². The normalized spacial score (nSPS) is 12.2. The Balaban J connectivity index is 0.000000321. The summed E-state index contributed by atoms with van der Waals surface area (Å²) in [7, 11) is -1.25. The summed E-state index contributed by atoms with van der Waals surface area (Å²) >= 11 is 0. The summed E-state index contributed by atoms with van der Waals surface area (Å²) < 4.78 is 0. The van der Waals surface area contributed by atoms with Crippen LogP contribution in [0.1, 0.15) is 160 Å². The van der Waals surface area contributed by atoms with Crippen LogP contribution in [0.25, 0.3) is 10.8 Å². The molecule has 5 heteroatoms. The van der Waals surface area contributed by atoms with Gasteiger partial charge in [0.2, 0.25) is 0 Å².